The summed E-state index contributed by atoms with van der Waals surface area (Å²) < 4.78 is 39.5. The molecule has 5 nitrogen and oxygen atoms in total. The average Bonchev–Trinajstić information content (AvgIpc) is 2.58. The van der Waals surface area contributed by atoms with Crippen molar-refractivity contribution in [2.75, 3.05) is 26.2 Å². The van der Waals surface area contributed by atoms with Gasteiger partial charge in [-0.3, -0.25) is 9.88 Å². The van der Waals surface area contributed by atoms with E-state index in [1.54, 1.807) is 6.20 Å². The molecule has 1 aliphatic rings. The Morgan fingerprint density at radius 3 is 2.33 bits per heavy atom. The highest BCUT2D eigenvalue weighted by atomic mass is 32.2. The van der Waals surface area contributed by atoms with Crippen LogP contribution in [0, 0.1) is 5.82 Å². The molecule has 3 rings (SSSR count). The number of aromatic nitrogens is 1. The van der Waals surface area contributed by atoms with Gasteiger partial charge in [0.25, 0.3) is 0 Å². The topological polar surface area (TPSA) is 53.5 Å². The van der Waals surface area contributed by atoms with Crippen molar-refractivity contribution in [3.8, 4) is 0 Å². The Balaban J connectivity index is 1.56. The summed E-state index contributed by atoms with van der Waals surface area (Å²) in [6.45, 7) is 3.03. The van der Waals surface area contributed by atoms with Crippen molar-refractivity contribution >= 4 is 10.0 Å². The van der Waals surface area contributed by atoms with Gasteiger partial charge in [0.1, 0.15) is 5.82 Å². The molecule has 0 radical (unpaired) electrons. The number of piperazine rings is 1. The fraction of sp³-hybridized carbons (Fsp3) is 0.353. The molecule has 1 aromatic heterocycles. The molecule has 1 saturated heterocycles. The molecule has 7 heteroatoms. The summed E-state index contributed by atoms with van der Waals surface area (Å²) >= 11 is 0. The van der Waals surface area contributed by atoms with E-state index >= 15 is 0 Å². The smallest absolute Gasteiger partial charge is 0.218 e. The lowest BCUT2D eigenvalue weighted by molar-refractivity contribution is 0.180. The van der Waals surface area contributed by atoms with E-state index in [-0.39, 0.29) is 11.6 Å². The third-order valence-corrected chi connectivity index (χ3v) is 5.95. The lowest BCUT2D eigenvalue weighted by atomic mass is 10.2. The fourth-order valence-corrected chi connectivity index (χ4v) is 4.28. The molecule has 0 N–H and O–H groups in total. The van der Waals surface area contributed by atoms with Crippen LogP contribution in [0.25, 0.3) is 0 Å². The second kappa shape index (κ2) is 7.38. The van der Waals surface area contributed by atoms with E-state index in [4.69, 9.17) is 0 Å². The van der Waals surface area contributed by atoms with E-state index in [1.807, 2.05) is 18.2 Å². The maximum atomic E-state index is 12.9. The van der Waals surface area contributed by atoms with E-state index < -0.39 is 10.0 Å². The Morgan fingerprint density at radius 1 is 1.00 bits per heavy atom. The summed E-state index contributed by atoms with van der Waals surface area (Å²) in [5.74, 6) is -0.452. The maximum absolute atomic E-state index is 12.9. The zero-order valence-electron chi connectivity index (χ0n) is 13.3. The molecule has 1 aliphatic heterocycles. The predicted molar refractivity (Wildman–Crippen MR) is 90.1 cm³/mol. The number of pyridine rings is 1. The van der Waals surface area contributed by atoms with Gasteiger partial charge in [-0.05, 0) is 29.8 Å². The van der Waals surface area contributed by atoms with Crippen LogP contribution in [0.2, 0.25) is 0 Å². The Morgan fingerprint density at radius 2 is 1.71 bits per heavy atom. The highest BCUT2D eigenvalue weighted by Gasteiger charge is 2.27. The van der Waals surface area contributed by atoms with Crippen LogP contribution in [0.1, 0.15) is 11.3 Å². The van der Waals surface area contributed by atoms with Crippen LogP contribution in [0.3, 0.4) is 0 Å². The molecule has 0 amide bonds. The summed E-state index contributed by atoms with van der Waals surface area (Å²) in [7, 11) is -3.38. The minimum absolute atomic E-state index is 0.0898. The molecule has 0 spiro atoms. The third kappa shape index (κ3) is 4.37. The standard InChI is InChI=1S/C17H20FN3O2S/c18-16-6-4-15(5-7-16)14-24(22,23)21-11-9-20(10-12-21)13-17-3-1-2-8-19-17/h1-8H,9-14H2. The number of rotatable bonds is 5. The van der Waals surface area contributed by atoms with Crippen molar-refractivity contribution in [2.45, 2.75) is 12.3 Å². The Kier molecular flexibility index (Phi) is 5.23. The zero-order valence-corrected chi connectivity index (χ0v) is 14.1. The summed E-state index contributed by atoms with van der Waals surface area (Å²) in [5, 5.41) is 0. The van der Waals surface area contributed by atoms with Crippen molar-refractivity contribution in [1.29, 1.82) is 0 Å². The number of hydrogen-bond donors (Lipinski definition) is 0. The highest BCUT2D eigenvalue weighted by molar-refractivity contribution is 7.88. The minimum Gasteiger partial charge on any atom is -0.295 e. The lowest BCUT2D eigenvalue weighted by Gasteiger charge is -2.33. The highest BCUT2D eigenvalue weighted by Crippen LogP contribution is 2.15. The van der Waals surface area contributed by atoms with E-state index in [0.717, 1.165) is 12.2 Å². The predicted octanol–water partition coefficient (Wildman–Crippen LogP) is 1.87. The van der Waals surface area contributed by atoms with Crippen LogP contribution in [-0.2, 0) is 22.3 Å². The number of sulfonamides is 1. The van der Waals surface area contributed by atoms with Gasteiger partial charge in [-0.25, -0.2) is 12.8 Å². The van der Waals surface area contributed by atoms with Gasteiger partial charge < -0.3 is 0 Å². The minimum atomic E-state index is -3.38. The average molecular weight is 349 g/mol. The SMILES string of the molecule is O=S(=O)(Cc1ccc(F)cc1)N1CCN(Cc2ccccn2)CC1. The Labute approximate surface area is 141 Å². The normalized spacial score (nSPS) is 17.0. The molecule has 0 bridgehead atoms. The maximum Gasteiger partial charge on any atom is 0.218 e. The second-order valence-electron chi connectivity index (χ2n) is 5.88. The molecule has 1 fully saturated rings. The van der Waals surface area contributed by atoms with Gasteiger partial charge in [0.15, 0.2) is 0 Å². The van der Waals surface area contributed by atoms with Gasteiger partial charge in [0.2, 0.25) is 10.0 Å². The Bertz CT molecular complexity index is 758. The van der Waals surface area contributed by atoms with Gasteiger partial charge in [-0.1, -0.05) is 18.2 Å². The first-order valence-electron chi connectivity index (χ1n) is 7.87. The van der Waals surface area contributed by atoms with Crippen LogP contribution in [0.4, 0.5) is 4.39 Å². The zero-order chi connectivity index (χ0) is 17.0. The van der Waals surface area contributed by atoms with Gasteiger partial charge in [-0.15, -0.1) is 0 Å². The molecular formula is C17H20FN3O2S. The van der Waals surface area contributed by atoms with E-state index in [9.17, 15) is 12.8 Å². The number of benzene rings is 1. The molecule has 2 heterocycles. The van der Waals surface area contributed by atoms with Gasteiger partial charge in [-0.2, -0.15) is 4.31 Å². The number of nitrogens with zero attached hydrogens (tertiary/aromatic N) is 3. The van der Waals surface area contributed by atoms with Crippen molar-refractivity contribution in [2.24, 2.45) is 0 Å². The molecule has 0 aliphatic carbocycles. The van der Waals surface area contributed by atoms with E-state index in [0.29, 0.717) is 31.7 Å². The molecule has 0 saturated carbocycles. The summed E-state index contributed by atoms with van der Waals surface area (Å²) in [6, 6.07) is 11.4. The second-order valence-corrected chi connectivity index (χ2v) is 7.85. The van der Waals surface area contributed by atoms with Crippen molar-refractivity contribution in [3.05, 3.63) is 65.7 Å². The third-order valence-electron chi connectivity index (χ3n) is 4.10. The molecule has 2 aromatic rings. The monoisotopic (exact) mass is 349 g/mol. The van der Waals surface area contributed by atoms with Crippen molar-refractivity contribution in [1.82, 2.24) is 14.2 Å². The quantitative estimate of drug-likeness (QED) is 0.827. The largest absolute Gasteiger partial charge is 0.295 e. The molecular weight excluding hydrogens is 329 g/mol. The van der Waals surface area contributed by atoms with E-state index in [1.165, 1.54) is 28.6 Å². The lowest BCUT2D eigenvalue weighted by Crippen LogP contribution is -2.48. The number of hydrogen-bond acceptors (Lipinski definition) is 4. The van der Waals surface area contributed by atoms with Crippen LogP contribution in [0.5, 0.6) is 0 Å². The molecule has 0 unspecified atom stereocenters. The summed E-state index contributed by atoms with van der Waals surface area (Å²) in [6.07, 6.45) is 1.76. The van der Waals surface area contributed by atoms with Crippen molar-refractivity contribution < 1.29 is 12.8 Å². The van der Waals surface area contributed by atoms with Crippen LogP contribution >= 0.6 is 0 Å². The van der Waals surface area contributed by atoms with Gasteiger partial charge >= 0.3 is 0 Å². The first kappa shape index (κ1) is 17.0. The summed E-state index contributed by atoms with van der Waals surface area (Å²) in [5.41, 5.74) is 1.59. The summed E-state index contributed by atoms with van der Waals surface area (Å²) in [4.78, 5) is 6.50. The van der Waals surface area contributed by atoms with E-state index in [2.05, 4.69) is 9.88 Å². The first-order chi connectivity index (χ1) is 11.5. The van der Waals surface area contributed by atoms with Crippen LogP contribution in [-0.4, -0.2) is 48.8 Å². The molecule has 24 heavy (non-hydrogen) atoms. The van der Waals surface area contributed by atoms with Crippen molar-refractivity contribution in [3.63, 3.8) is 0 Å². The molecule has 0 atom stereocenters. The molecule has 1 aromatic carbocycles. The Hall–Kier alpha value is -1.83. The molecule has 128 valence electrons. The van der Waals surface area contributed by atoms with Crippen LogP contribution < -0.4 is 0 Å². The van der Waals surface area contributed by atoms with Gasteiger partial charge in [0.05, 0.1) is 11.4 Å². The number of halogens is 1. The fourth-order valence-electron chi connectivity index (χ4n) is 2.77. The first-order valence-corrected chi connectivity index (χ1v) is 9.48. The van der Waals surface area contributed by atoms with Gasteiger partial charge in [0, 0.05) is 38.9 Å². The van der Waals surface area contributed by atoms with Crippen LogP contribution in [0.15, 0.2) is 48.7 Å².